The van der Waals surface area contributed by atoms with E-state index in [1.54, 1.807) is 42.9 Å². The highest BCUT2D eigenvalue weighted by molar-refractivity contribution is 5.94. The molecule has 0 aliphatic carbocycles. The number of carbonyl (C=O) groups is 1. The summed E-state index contributed by atoms with van der Waals surface area (Å²) in [6.45, 7) is 5.81. The minimum absolute atomic E-state index is 0. The van der Waals surface area contributed by atoms with Gasteiger partial charge in [0.05, 0.1) is 41.0 Å². The number of anilines is 2. The summed E-state index contributed by atoms with van der Waals surface area (Å²) in [5.74, 6) is 0.956. The zero-order valence-corrected chi connectivity index (χ0v) is 33.2. The molecule has 1 N–H and O–H groups in total. The van der Waals surface area contributed by atoms with Crippen molar-refractivity contribution in [3.63, 3.8) is 0 Å². The van der Waals surface area contributed by atoms with Crippen molar-refractivity contribution < 1.29 is 28.9 Å². The molecular formula is C42H46F3N11O3. The normalized spacial score (nSPS) is 25.8. The van der Waals surface area contributed by atoms with Crippen molar-refractivity contribution in [2.75, 3.05) is 63.7 Å². The molecule has 2 fully saturated rings. The Morgan fingerprint density at radius 2 is 1.88 bits per heavy atom. The van der Waals surface area contributed by atoms with Crippen molar-refractivity contribution in [1.29, 1.82) is 0 Å². The Balaban J connectivity index is 0.00000462. The van der Waals surface area contributed by atoms with E-state index in [1.807, 2.05) is 39.5 Å². The highest BCUT2D eigenvalue weighted by atomic mass is 19.1. The average molecular weight is 810 g/mol. The molecule has 2 unspecified atom stereocenters. The van der Waals surface area contributed by atoms with Gasteiger partial charge >= 0.3 is 0 Å². The predicted octanol–water partition coefficient (Wildman–Crippen LogP) is 5.20. The van der Waals surface area contributed by atoms with E-state index in [9.17, 15) is 9.18 Å². The molecule has 59 heavy (non-hydrogen) atoms. The maximum Gasteiger partial charge on any atom is 0.245 e. The van der Waals surface area contributed by atoms with E-state index >= 15 is 8.78 Å². The SMILES string of the molecule is CO[C@H]1CN(C)C(=O)[C@@H]2C[C@@H](CN2c2nc3nc4c2cnn4-c2ccc(F)cc2OCCN2C[C@@H](C3)C(C)(F)C2)Nc2cccc(n2)-c2cc(F)cc3nc(C)n(c23)C1.[HH]. The molecule has 8 bridgehead atoms. The fraction of sp³-hybridized carbons (Fsp3) is 0.429. The van der Waals surface area contributed by atoms with Crippen LogP contribution in [0.5, 0.6) is 5.75 Å². The van der Waals surface area contributed by atoms with Crippen molar-refractivity contribution in [1.82, 2.24) is 44.1 Å². The Hall–Kier alpha value is -5.81. The fourth-order valence-electron chi connectivity index (χ4n) is 9.40. The fourth-order valence-corrected chi connectivity index (χ4v) is 9.40. The quantitative estimate of drug-likeness (QED) is 0.248. The molecule has 10 rings (SSSR count). The molecule has 14 nitrogen and oxygen atoms in total. The molecule has 308 valence electrons. The van der Waals surface area contributed by atoms with E-state index in [-0.39, 0.29) is 45.2 Å². The minimum atomic E-state index is -1.52. The monoisotopic (exact) mass is 809 g/mol. The van der Waals surface area contributed by atoms with Gasteiger partial charge in [0, 0.05) is 84.4 Å². The second kappa shape index (κ2) is 14.2. The number of hydrogen-bond acceptors (Lipinski definition) is 11. The third kappa shape index (κ3) is 6.59. The number of alkyl halides is 1. The summed E-state index contributed by atoms with van der Waals surface area (Å²) in [7, 11) is 3.38. The summed E-state index contributed by atoms with van der Waals surface area (Å²) in [5.41, 5.74) is 1.80. The van der Waals surface area contributed by atoms with Crippen LogP contribution in [0, 0.1) is 24.5 Å². The Kier molecular flexibility index (Phi) is 9.01. The molecule has 8 heterocycles. The number of aryl methyl sites for hydroxylation is 1. The third-order valence-electron chi connectivity index (χ3n) is 12.4. The lowest BCUT2D eigenvalue weighted by atomic mass is 9.91. The first-order valence-electron chi connectivity index (χ1n) is 20.0. The third-order valence-corrected chi connectivity index (χ3v) is 12.4. The lowest BCUT2D eigenvalue weighted by molar-refractivity contribution is -0.132. The first kappa shape index (κ1) is 37.5. The first-order valence-corrected chi connectivity index (χ1v) is 20.0. The number of amides is 1. The zero-order chi connectivity index (χ0) is 40.7. The van der Waals surface area contributed by atoms with E-state index in [0.29, 0.717) is 89.4 Å². The van der Waals surface area contributed by atoms with Crippen LogP contribution in [0.15, 0.2) is 54.7 Å². The number of methoxy groups -OCH3 is 1. The van der Waals surface area contributed by atoms with E-state index in [2.05, 4.69) is 5.32 Å². The van der Waals surface area contributed by atoms with Crippen LogP contribution in [-0.4, -0.2) is 127 Å². The number of fused-ring (bicyclic) bond motifs is 10. The minimum Gasteiger partial charge on any atom is -0.490 e. The second-order valence-electron chi connectivity index (χ2n) is 16.5. The zero-order valence-electron chi connectivity index (χ0n) is 33.2. The first-order chi connectivity index (χ1) is 28.4. The topological polar surface area (TPSA) is 132 Å². The van der Waals surface area contributed by atoms with Gasteiger partial charge in [0.1, 0.15) is 64.7 Å². The van der Waals surface area contributed by atoms with Crippen LogP contribution in [-0.2, 0) is 22.5 Å². The van der Waals surface area contributed by atoms with Gasteiger partial charge in [0.25, 0.3) is 0 Å². The number of imidazole rings is 1. The lowest BCUT2D eigenvalue weighted by Gasteiger charge is -2.31. The number of halogens is 3. The molecule has 4 aliphatic heterocycles. The Morgan fingerprint density at radius 3 is 2.73 bits per heavy atom. The number of aromatic nitrogens is 7. The van der Waals surface area contributed by atoms with Crippen LogP contribution in [0.3, 0.4) is 0 Å². The number of nitrogens with zero attached hydrogens (tertiary/aromatic N) is 10. The summed E-state index contributed by atoms with van der Waals surface area (Å²) in [5, 5.41) is 8.88. The summed E-state index contributed by atoms with van der Waals surface area (Å²) >= 11 is 0. The maximum atomic E-state index is 16.3. The number of carbonyl (C=O) groups excluding carboxylic acids is 1. The Labute approximate surface area is 339 Å². The van der Waals surface area contributed by atoms with Crippen molar-refractivity contribution in [3.8, 4) is 22.7 Å². The summed E-state index contributed by atoms with van der Waals surface area (Å²) in [6.07, 6.45) is 1.85. The van der Waals surface area contributed by atoms with Gasteiger partial charge in [-0.1, -0.05) is 6.07 Å². The predicted molar refractivity (Wildman–Crippen MR) is 217 cm³/mol. The van der Waals surface area contributed by atoms with Gasteiger partial charge in [-0.15, -0.1) is 0 Å². The molecule has 4 aliphatic rings. The van der Waals surface area contributed by atoms with Crippen LogP contribution in [0.4, 0.5) is 24.8 Å². The molecule has 2 saturated heterocycles. The van der Waals surface area contributed by atoms with Crippen LogP contribution in [0.25, 0.3) is 39.0 Å². The highest BCUT2D eigenvalue weighted by Gasteiger charge is 2.45. The van der Waals surface area contributed by atoms with Gasteiger partial charge < -0.3 is 29.2 Å². The molecule has 1 amide bonds. The van der Waals surface area contributed by atoms with E-state index in [1.165, 1.54) is 24.3 Å². The molecule has 4 aromatic heterocycles. The van der Waals surface area contributed by atoms with Crippen LogP contribution >= 0.6 is 0 Å². The largest absolute Gasteiger partial charge is 0.490 e. The van der Waals surface area contributed by atoms with Crippen molar-refractivity contribution in [2.45, 2.75) is 57.1 Å². The number of pyridine rings is 1. The smallest absolute Gasteiger partial charge is 0.245 e. The molecule has 6 aromatic rings. The van der Waals surface area contributed by atoms with Crippen molar-refractivity contribution >= 4 is 39.6 Å². The molecule has 2 aromatic carbocycles. The van der Waals surface area contributed by atoms with Gasteiger partial charge in [-0.25, -0.2) is 37.8 Å². The summed E-state index contributed by atoms with van der Waals surface area (Å²) in [6, 6.07) is 11.8. The van der Waals surface area contributed by atoms with Gasteiger partial charge in [-0.05, 0) is 50.6 Å². The molecule has 0 saturated carbocycles. The second-order valence-corrected chi connectivity index (χ2v) is 16.5. The number of nitrogens with one attached hydrogen (secondary N) is 1. The van der Waals surface area contributed by atoms with E-state index in [4.69, 9.17) is 34.5 Å². The van der Waals surface area contributed by atoms with Gasteiger partial charge in [-0.3, -0.25) is 9.69 Å². The lowest BCUT2D eigenvalue weighted by Crippen LogP contribution is -2.47. The van der Waals surface area contributed by atoms with Gasteiger partial charge in [0.15, 0.2) is 5.65 Å². The molecule has 0 radical (unpaired) electrons. The summed E-state index contributed by atoms with van der Waals surface area (Å²) in [4.78, 5) is 40.3. The number of rotatable bonds is 2. The standard InChI is InChI=1S/C42H44F3N11O3.H2/c1-23-47-32-14-26(44)13-29-31-6-5-7-36(49-31)48-27-16-34(41(57)52(3)20-28(58-4)21-54(23)38(29)32)55(19-27)39-30-17-46-56-33-9-8-25(43)15-35(33)59-11-10-53-18-24(42(2,45)22-53)12-37(50-39)51-40(30)56;/h5-9,13-15,17,24,27-28,34H,10-12,16,18-22H2,1-4H3,(H,48,49);1H/t24-,27+,28+,34+,42?;/m1./s1. The van der Waals surface area contributed by atoms with Crippen molar-refractivity contribution in [3.05, 3.63) is 78.0 Å². The Morgan fingerprint density at radius 1 is 1.02 bits per heavy atom. The highest BCUT2D eigenvalue weighted by Crippen LogP contribution is 2.39. The number of likely N-dealkylation sites (N-methyl/N-ethyl adjacent to an activating group) is 1. The van der Waals surface area contributed by atoms with Gasteiger partial charge in [-0.2, -0.15) is 5.10 Å². The van der Waals surface area contributed by atoms with Crippen LogP contribution in [0.2, 0.25) is 0 Å². The van der Waals surface area contributed by atoms with Crippen molar-refractivity contribution in [2.24, 2.45) is 5.92 Å². The molecule has 0 spiro atoms. The summed E-state index contributed by atoms with van der Waals surface area (Å²) < 4.78 is 61.8. The van der Waals surface area contributed by atoms with E-state index in [0.717, 1.165) is 5.52 Å². The maximum absolute atomic E-state index is 16.3. The molecular weight excluding hydrogens is 764 g/mol. The molecule has 17 heteroatoms. The number of hydrogen-bond donors (Lipinski definition) is 1. The van der Waals surface area contributed by atoms with Crippen LogP contribution in [0.1, 0.15) is 26.4 Å². The van der Waals surface area contributed by atoms with Crippen LogP contribution < -0.4 is 15.0 Å². The van der Waals surface area contributed by atoms with Gasteiger partial charge in [0.2, 0.25) is 5.91 Å². The Bertz CT molecular complexity index is 2640. The average Bonchev–Trinajstić information content (AvgIpc) is 3.96. The number of benzene rings is 2. The van der Waals surface area contributed by atoms with E-state index < -0.39 is 35.4 Å². The molecule has 6 atom stereocenters. The number of ether oxygens (including phenoxy) is 2.